The number of hydrogen-bond acceptors (Lipinski definition) is 0. The fourth-order valence-corrected chi connectivity index (χ4v) is 1.27. The molecule has 0 N–H and O–H groups in total. The molecule has 0 unspecified atom stereocenters. The maximum Gasteiger partial charge on any atom is 0.133 e. The summed E-state index contributed by atoms with van der Waals surface area (Å²) in [5.74, 6) is -0.447. The highest BCUT2D eigenvalue weighted by Gasteiger charge is 2.07. The Bertz CT molecular complexity index is 274. The van der Waals surface area contributed by atoms with E-state index in [0.29, 0.717) is 0 Å². The lowest BCUT2D eigenvalue weighted by Crippen LogP contribution is -1.84. The fraction of sp³-hybridized carbons (Fsp3) is 0. The quantitative estimate of drug-likeness (QED) is 0.634. The number of benzene rings is 1. The highest BCUT2D eigenvalue weighted by molar-refractivity contribution is 6.50. The molecule has 0 spiro atoms. The molecule has 0 amide bonds. The van der Waals surface area contributed by atoms with Crippen molar-refractivity contribution in [2.75, 3.05) is 0 Å². The molecule has 1 aromatic rings. The summed E-state index contributed by atoms with van der Waals surface area (Å²) in [4.78, 5) is 0. The number of halogens is 3. The van der Waals surface area contributed by atoms with Crippen molar-refractivity contribution in [3.8, 4) is 0 Å². The van der Waals surface area contributed by atoms with Crippen molar-refractivity contribution in [1.82, 2.24) is 0 Å². The van der Waals surface area contributed by atoms with E-state index in [1.54, 1.807) is 6.07 Å². The molecule has 0 aliphatic rings. The zero-order valence-electron chi connectivity index (χ0n) is 5.57. The number of hydrogen-bond donors (Lipinski definition) is 0. The van der Waals surface area contributed by atoms with Crippen LogP contribution in [-0.2, 0) is 0 Å². The van der Waals surface area contributed by atoms with E-state index >= 15 is 0 Å². The minimum Gasteiger partial charge on any atom is -0.206 e. The highest BCUT2D eigenvalue weighted by Crippen LogP contribution is 2.27. The summed E-state index contributed by atoms with van der Waals surface area (Å²) in [7, 11) is 0. The molecule has 3 heteroatoms. The Morgan fingerprint density at radius 1 is 1.45 bits per heavy atom. The minimum absolute atomic E-state index is 0.119. The van der Waals surface area contributed by atoms with Crippen molar-refractivity contribution in [3.05, 3.63) is 41.2 Å². The van der Waals surface area contributed by atoms with E-state index in [-0.39, 0.29) is 15.6 Å². The van der Waals surface area contributed by atoms with Crippen LogP contribution < -0.4 is 0 Å². The topological polar surface area (TPSA) is 0 Å². The molecule has 0 aromatic heterocycles. The Balaban J connectivity index is 3.32. The molecule has 0 heterocycles. The van der Waals surface area contributed by atoms with E-state index < -0.39 is 5.82 Å². The molecule has 0 saturated carbocycles. The van der Waals surface area contributed by atoms with Crippen LogP contribution in [0.3, 0.4) is 0 Å². The lowest BCUT2D eigenvalue weighted by molar-refractivity contribution is 0.625. The van der Waals surface area contributed by atoms with Crippen LogP contribution in [0.15, 0.2) is 24.8 Å². The zero-order chi connectivity index (χ0) is 8.43. The molecule has 0 fully saturated rings. The molecule has 0 nitrogen and oxygen atoms in total. The van der Waals surface area contributed by atoms with Crippen LogP contribution in [0.2, 0.25) is 5.02 Å². The van der Waals surface area contributed by atoms with Crippen LogP contribution in [0.5, 0.6) is 0 Å². The van der Waals surface area contributed by atoms with Gasteiger partial charge in [-0.3, -0.25) is 0 Å². The van der Waals surface area contributed by atoms with Crippen molar-refractivity contribution < 1.29 is 4.39 Å². The second kappa shape index (κ2) is 3.24. The van der Waals surface area contributed by atoms with Crippen LogP contribution in [0.25, 0.3) is 5.03 Å². The SMILES string of the molecule is C=C(Cl)c1c(F)cccc1Cl. The summed E-state index contributed by atoms with van der Waals surface area (Å²) < 4.78 is 12.9. The normalized spacial score (nSPS) is 9.73. The van der Waals surface area contributed by atoms with Gasteiger partial charge in [-0.25, -0.2) is 4.39 Å². The Morgan fingerprint density at radius 3 is 2.45 bits per heavy atom. The second-order valence-corrected chi connectivity index (χ2v) is 2.87. The first-order valence-electron chi connectivity index (χ1n) is 2.91. The van der Waals surface area contributed by atoms with Gasteiger partial charge in [-0.2, -0.15) is 0 Å². The van der Waals surface area contributed by atoms with E-state index in [4.69, 9.17) is 23.2 Å². The molecule has 0 saturated heterocycles. The van der Waals surface area contributed by atoms with E-state index in [9.17, 15) is 4.39 Å². The van der Waals surface area contributed by atoms with E-state index in [1.165, 1.54) is 12.1 Å². The summed E-state index contributed by atoms with van der Waals surface area (Å²) >= 11 is 11.1. The number of rotatable bonds is 1. The molecular formula is C8H5Cl2F. The Morgan fingerprint density at radius 2 is 2.09 bits per heavy atom. The zero-order valence-corrected chi connectivity index (χ0v) is 7.08. The van der Waals surface area contributed by atoms with Gasteiger partial charge < -0.3 is 0 Å². The molecular weight excluding hydrogens is 186 g/mol. The molecule has 0 aliphatic carbocycles. The Kier molecular flexibility index (Phi) is 2.53. The first-order chi connectivity index (χ1) is 5.13. The van der Waals surface area contributed by atoms with Gasteiger partial charge in [-0.05, 0) is 12.1 Å². The molecule has 1 rings (SSSR count). The molecule has 0 bridgehead atoms. The molecule has 58 valence electrons. The van der Waals surface area contributed by atoms with Crippen molar-refractivity contribution in [2.24, 2.45) is 0 Å². The van der Waals surface area contributed by atoms with E-state index in [1.807, 2.05) is 0 Å². The van der Waals surface area contributed by atoms with Gasteiger partial charge in [0.25, 0.3) is 0 Å². The molecule has 11 heavy (non-hydrogen) atoms. The van der Waals surface area contributed by atoms with Crippen LogP contribution in [0.4, 0.5) is 4.39 Å². The lowest BCUT2D eigenvalue weighted by atomic mass is 10.2. The van der Waals surface area contributed by atoms with Gasteiger partial charge in [-0.15, -0.1) is 0 Å². The largest absolute Gasteiger partial charge is 0.206 e. The third-order valence-electron chi connectivity index (χ3n) is 1.23. The van der Waals surface area contributed by atoms with Crippen molar-refractivity contribution in [3.63, 3.8) is 0 Å². The Labute approximate surface area is 74.2 Å². The Hall–Kier alpha value is -0.530. The minimum atomic E-state index is -0.447. The third-order valence-corrected chi connectivity index (χ3v) is 1.74. The van der Waals surface area contributed by atoms with Crippen molar-refractivity contribution in [2.45, 2.75) is 0 Å². The lowest BCUT2D eigenvalue weighted by Gasteiger charge is -2.01. The summed E-state index contributed by atoms with van der Waals surface area (Å²) in [6.45, 7) is 3.39. The van der Waals surface area contributed by atoms with Gasteiger partial charge >= 0.3 is 0 Å². The molecule has 1 aromatic carbocycles. The summed E-state index contributed by atoms with van der Waals surface area (Å²) in [5, 5.41) is 0.401. The van der Waals surface area contributed by atoms with Crippen LogP contribution in [0.1, 0.15) is 5.56 Å². The van der Waals surface area contributed by atoms with Gasteiger partial charge in [-0.1, -0.05) is 35.8 Å². The van der Waals surface area contributed by atoms with Crippen LogP contribution >= 0.6 is 23.2 Å². The molecule has 0 atom stereocenters. The second-order valence-electron chi connectivity index (χ2n) is 2.00. The first kappa shape index (κ1) is 8.57. The first-order valence-corrected chi connectivity index (χ1v) is 3.67. The summed E-state index contributed by atoms with van der Waals surface area (Å²) in [5.41, 5.74) is 0.177. The maximum absolute atomic E-state index is 12.9. The fourth-order valence-electron chi connectivity index (χ4n) is 0.757. The standard InChI is InChI=1S/C8H5Cl2F/c1-5(9)8-6(10)3-2-4-7(8)11/h2-4H,1H2. The predicted octanol–water partition coefficient (Wildman–Crippen LogP) is 3.69. The highest BCUT2D eigenvalue weighted by atomic mass is 35.5. The van der Waals surface area contributed by atoms with Gasteiger partial charge in [0.15, 0.2) is 0 Å². The van der Waals surface area contributed by atoms with Crippen molar-refractivity contribution in [1.29, 1.82) is 0 Å². The molecule has 0 aliphatic heterocycles. The average Bonchev–Trinajstić information content (AvgIpc) is 1.85. The van der Waals surface area contributed by atoms with Gasteiger partial charge in [0.1, 0.15) is 5.82 Å². The maximum atomic E-state index is 12.9. The van der Waals surface area contributed by atoms with Crippen molar-refractivity contribution >= 4 is 28.2 Å². The average molecular weight is 191 g/mol. The summed E-state index contributed by atoms with van der Waals surface area (Å²) in [6, 6.07) is 4.36. The van der Waals surface area contributed by atoms with Crippen LogP contribution in [0, 0.1) is 5.82 Å². The molecule has 0 radical (unpaired) electrons. The van der Waals surface area contributed by atoms with Gasteiger partial charge in [0, 0.05) is 10.6 Å². The van der Waals surface area contributed by atoms with E-state index in [2.05, 4.69) is 6.58 Å². The van der Waals surface area contributed by atoms with E-state index in [0.717, 1.165) is 0 Å². The third kappa shape index (κ3) is 1.73. The predicted molar refractivity (Wildman–Crippen MR) is 46.3 cm³/mol. The van der Waals surface area contributed by atoms with Crippen LogP contribution in [-0.4, -0.2) is 0 Å². The van der Waals surface area contributed by atoms with Gasteiger partial charge in [0.2, 0.25) is 0 Å². The monoisotopic (exact) mass is 190 g/mol. The van der Waals surface area contributed by atoms with Gasteiger partial charge in [0.05, 0.1) is 5.02 Å². The smallest absolute Gasteiger partial charge is 0.133 e. The summed E-state index contributed by atoms with van der Waals surface area (Å²) in [6.07, 6.45) is 0.